The number of unbranched alkanes of at least 4 members (excludes halogenated alkanes) is 1. The third kappa shape index (κ3) is 4.22. The SMILES string of the molecule is CCCCSc1cc(C(=O)O)cc(S(N)(=O)=O)c1C. The van der Waals surface area contributed by atoms with Gasteiger partial charge in [0.1, 0.15) is 0 Å². The van der Waals surface area contributed by atoms with Crippen LogP contribution in [0.4, 0.5) is 0 Å². The summed E-state index contributed by atoms with van der Waals surface area (Å²) in [5.74, 6) is -0.355. The lowest BCUT2D eigenvalue weighted by atomic mass is 10.1. The Kier molecular flexibility index (Phi) is 5.39. The number of rotatable bonds is 6. The van der Waals surface area contributed by atoms with E-state index >= 15 is 0 Å². The molecule has 1 aromatic rings. The highest BCUT2D eigenvalue weighted by molar-refractivity contribution is 7.99. The summed E-state index contributed by atoms with van der Waals surface area (Å²) in [6.45, 7) is 3.69. The molecule has 0 bridgehead atoms. The van der Waals surface area contributed by atoms with Crippen molar-refractivity contribution >= 4 is 27.8 Å². The summed E-state index contributed by atoms with van der Waals surface area (Å²) in [7, 11) is -3.92. The van der Waals surface area contributed by atoms with Crippen molar-refractivity contribution in [3.8, 4) is 0 Å². The number of benzene rings is 1. The number of carboxylic acids is 1. The van der Waals surface area contributed by atoms with Gasteiger partial charge in [0, 0.05) is 4.90 Å². The highest BCUT2D eigenvalue weighted by Gasteiger charge is 2.18. The number of primary sulfonamides is 1. The van der Waals surface area contributed by atoms with E-state index in [0.29, 0.717) is 10.5 Å². The van der Waals surface area contributed by atoms with Crippen LogP contribution in [0, 0.1) is 6.92 Å². The zero-order chi connectivity index (χ0) is 14.6. The predicted molar refractivity (Wildman–Crippen MR) is 75.1 cm³/mol. The molecule has 1 rings (SSSR count). The zero-order valence-electron chi connectivity index (χ0n) is 10.8. The molecule has 0 spiro atoms. The Hall–Kier alpha value is -1.05. The van der Waals surface area contributed by atoms with Crippen molar-refractivity contribution in [3.05, 3.63) is 23.3 Å². The predicted octanol–water partition coefficient (Wildman–Crippen LogP) is 2.23. The average molecular weight is 303 g/mol. The highest BCUT2D eigenvalue weighted by Crippen LogP contribution is 2.29. The molecule has 0 saturated carbocycles. The Bertz CT molecular complexity index is 582. The lowest BCUT2D eigenvalue weighted by Gasteiger charge is -2.11. The summed E-state index contributed by atoms with van der Waals surface area (Å²) < 4.78 is 23.0. The van der Waals surface area contributed by atoms with Crippen LogP contribution in [0.3, 0.4) is 0 Å². The van der Waals surface area contributed by atoms with Gasteiger partial charge in [-0.05, 0) is 36.8 Å². The first-order valence-corrected chi connectivity index (χ1v) is 8.34. The molecule has 19 heavy (non-hydrogen) atoms. The van der Waals surface area contributed by atoms with Gasteiger partial charge in [0.25, 0.3) is 0 Å². The number of hydrogen-bond donors (Lipinski definition) is 2. The Morgan fingerprint density at radius 3 is 2.53 bits per heavy atom. The van der Waals surface area contributed by atoms with E-state index in [1.54, 1.807) is 6.92 Å². The zero-order valence-corrected chi connectivity index (χ0v) is 12.5. The maximum absolute atomic E-state index is 11.5. The molecule has 0 saturated heterocycles. The van der Waals surface area contributed by atoms with Gasteiger partial charge < -0.3 is 5.11 Å². The van der Waals surface area contributed by atoms with Crippen molar-refractivity contribution < 1.29 is 18.3 Å². The smallest absolute Gasteiger partial charge is 0.335 e. The number of carbonyl (C=O) groups is 1. The Labute approximate surface area is 117 Å². The van der Waals surface area contributed by atoms with E-state index in [0.717, 1.165) is 24.7 Å². The molecule has 7 heteroatoms. The summed E-state index contributed by atoms with van der Waals surface area (Å²) in [5, 5.41) is 14.1. The lowest BCUT2D eigenvalue weighted by molar-refractivity contribution is 0.0696. The van der Waals surface area contributed by atoms with Crippen molar-refractivity contribution in [1.82, 2.24) is 0 Å². The van der Waals surface area contributed by atoms with Gasteiger partial charge in [-0.1, -0.05) is 13.3 Å². The van der Waals surface area contributed by atoms with Crippen molar-refractivity contribution in [3.63, 3.8) is 0 Å². The number of hydrogen-bond acceptors (Lipinski definition) is 4. The van der Waals surface area contributed by atoms with Crippen LogP contribution in [0.1, 0.15) is 35.7 Å². The van der Waals surface area contributed by atoms with E-state index in [4.69, 9.17) is 10.2 Å². The fourth-order valence-corrected chi connectivity index (χ4v) is 3.64. The summed E-state index contributed by atoms with van der Waals surface area (Å²) in [5.41, 5.74) is 0.447. The number of nitrogens with two attached hydrogens (primary N) is 1. The van der Waals surface area contributed by atoms with Gasteiger partial charge in [-0.25, -0.2) is 18.4 Å². The van der Waals surface area contributed by atoms with Crippen LogP contribution in [0.15, 0.2) is 21.9 Å². The van der Waals surface area contributed by atoms with Gasteiger partial charge in [-0.15, -0.1) is 11.8 Å². The van der Waals surface area contributed by atoms with Crippen LogP contribution in [0.5, 0.6) is 0 Å². The molecule has 0 radical (unpaired) electrons. The van der Waals surface area contributed by atoms with Gasteiger partial charge in [0.05, 0.1) is 10.5 Å². The van der Waals surface area contributed by atoms with E-state index in [-0.39, 0.29) is 10.5 Å². The van der Waals surface area contributed by atoms with Crippen LogP contribution >= 0.6 is 11.8 Å². The molecule has 0 unspecified atom stereocenters. The third-order valence-corrected chi connectivity index (χ3v) is 4.89. The number of carboxylic acid groups (broad SMARTS) is 1. The molecule has 0 aliphatic heterocycles. The van der Waals surface area contributed by atoms with Crippen LogP contribution in [-0.2, 0) is 10.0 Å². The van der Waals surface area contributed by atoms with E-state index in [1.807, 2.05) is 0 Å². The summed E-state index contributed by atoms with van der Waals surface area (Å²) in [6, 6.07) is 2.60. The Morgan fingerprint density at radius 2 is 2.05 bits per heavy atom. The highest BCUT2D eigenvalue weighted by atomic mass is 32.2. The van der Waals surface area contributed by atoms with Gasteiger partial charge >= 0.3 is 5.97 Å². The topological polar surface area (TPSA) is 97.5 Å². The largest absolute Gasteiger partial charge is 0.478 e. The normalized spacial score (nSPS) is 11.5. The summed E-state index contributed by atoms with van der Waals surface area (Å²) in [4.78, 5) is 11.6. The second-order valence-corrected chi connectivity index (χ2v) is 6.82. The van der Waals surface area contributed by atoms with Crippen LogP contribution in [-0.4, -0.2) is 25.2 Å². The minimum atomic E-state index is -3.92. The first-order chi connectivity index (χ1) is 8.77. The van der Waals surface area contributed by atoms with E-state index in [1.165, 1.54) is 17.8 Å². The fraction of sp³-hybridized carbons (Fsp3) is 0.417. The van der Waals surface area contributed by atoms with E-state index in [2.05, 4.69) is 6.92 Å². The van der Waals surface area contributed by atoms with Crippen LogP contribution in [0.25, 0.3) is 0 Å². The average Bonchev–Trinajstić information content (AvgIpc) is 2.29. The number of aromatic carboxylic acids is 1. The molecule has 1 aromatic carbocycles. The second kappa shape index (κ2) is 6.40. The number of sulfonamides is 1. The standard InChI is InChI=1S/C12H17NO4S2/c1-3-4-5-18-10-6-9(12(14)15)7-11(8(10)2)19(13,16)17/h6-7H,3-5H2,1-2H3,(H,14,15)(H2,13,16,17). The molecular formula is C12H17NO4S2. The maximum atomic E-state index is 11.5. The Morgan fingerprint density at radius 1 is 1.42 bits per heavy atom. The quantitative estimate of drug-likeness (QED) is 0.620. The van der Waals surface area contributed by atoms with Crippen molar-refractivity contribution in [2.45, 2.75) is 36.5 Å². The molecule has 0 aliphatic rings. The van der Waals surface area contributed by atoms with E-state index < -0.39 is 16.0 Å². The molecule has 0 atom stereocenters. The molecular weight excluding hydrogens is 286 g/mol. The monoisotopic (exact) mass is 303 g/mol. The fourth-order valence-electron chi connectivity index (χ4n) is 1.56. The molecule has 3 N–H and O–H groups in total. The maximum Gasteiger partial charge on any atom is 0.335 e. The van der Waals surface area contributed by atoms with Gasteiger partial charge in [-0.3, -0.25) is 0 Å². The lowest BCUT2D eigenvalue weighted by Crippen LogP contribution is -2.15. The molecule has 0 amide bonds. The van der Waals surface area contributed by atoms with Gasteiger partial charge in [-0.2, -0.15) is 0 Å². The first-order valence-electron chi connectivity index (χ1n) is 5.81. The van der Waals surface area contributed by atoms with Gasteiger partial charge in [0.15, 0.2) is 0 Å². The van der Waals surface area contributed by atoms with Gasteiger partial charge in [0.2, 0.25) is 10.0 Å². The molecule has 0 heterocycles. The molecule has 0 aliphatic carbocycles. The summed E-state index contributed by atoms with van der Waals surface area (Å²) in [6.07, 6.45) is 2.00. The van der Waals surface area contributed by atoms with Crippen molar-refractivity contribution in [2.24, 2.45) is 5.14 Å². The molecule has 5 nitrogen and oxygen atoms in total. The minimum absolute atomic E-state index is 0.0615. The molecule has 0 fully saturated rings. The van der Waals surface area contributed by atoms with Crippen LogP contribution in [0.2, 0.25) is 0 Å². The van der Waals surface area contributed by atoms with Crippen molar-refractivity contribution in [1.29, 1.82) is 0 Å². The number of thioether (sulfide) groups is 1. The molecule has 106 valence electrons. The minimum Gasteiger partial charge on any atom is -0.478 e. The van der Waals surface area contributed by atoms with E-state index in [9.17, 15) is 13.2 Å². The van der Waals surface area contributed by atoms with Crippen LogP contribution < -0.4 is 5.14 Å². The first kappa shape index (κ1) is 16.0. The van der Waals surface area contributed by atoms with Crippen molar-refractivity contribution in [2.75, 3.05) is 5.75 Å². The Balaban J connectivity index is 3.29. The third-order valence-electron chi connectivity index (χ3n) is 2.62. The second-order valence-electron chi connectivity index (χ2n) is 4.15. The summed E-state index contributed by atoms with van der Waals surface area (Å²) >= 11 is 1.45. The molecule has 0 aromatic heterocycles.